The van der Waals surface area contributed by atoms with E-state index in [-0.39, 0.29) is 17.2 Å². The van der Waals surface area contributed by atoms with E-state index < -0.39 is 6.61 Å². The smallest absolute Gasteiger partial charge is 0.387 e. The van der Waals surface area contributed by atoms with Gasteiger partial charge in [-0.15, -0.1) is 0 Å². The minimum atomic E-state index is -2.98. The van der Waals surface area contributed by atoms with Crippen molar-refractivity contribution in [1.82, 2.24) is 0 Å². The normalized spacial score (nSPS) is 13.8. The lowest BCUT2D eigenvalue weighted by Crippen LogP contribution is -2.35. The zero-order chi connectivity index (χ0) is 17.3. The average Bonchev–Trinajstić information content (AvgIpc) is 2.54. The third-order valence-corrected chi connectivity index (χ3v) is 4.48. The molecule has 0 saturated heterocycles. The predicted molar refractivity (Wildman–Crippen MR) is 92.0 cm³/mol. The van der Waals surface area contributed by atoms with Gasteiger partial charge < -0.3 is 9.64 Å². The van der Waals surface area contributed by atoms with E-state index in [4.69, 9.17) is 0 Å². The third kappa shape index (κ3) is 3.43. The number of anilines is 1. The fourth-order valence-electron chi connectivity index (χ4n) is 2.95. The van der Waals surface area contributed by atoms with E-state index in [2.05, 4.69) is 26.7 Å². The van der Waals surface area contributed by atoms with Gasteiger partial charge in [-0.25, -0.2) is 0 Å². The van der Waals surface area contributed by atoms with Crippen LogP contribution in [0.3, 0.4) is 0 Å². The first-order valence-corrected chi connectivity index (χ1v) is 8.41. The average molecular weight is 396 g/mol. The van der Waals surface area contributed by atoms with Gasteiger partial charge in [-0.2, -0.15) is 8.78 Å². The Hall–Kier alpha value is -1.95. The molecule has 1 aliphatic rings. The summed E-state index contributed by atoms with van der Waals surface area (Å²) in [6.45, 7) is -0.423. The van der Waals surface area contributed by atoms with Crippen molar-refractivity contribution in [3.63, 3.8) is 0 Å². The van der Waals surface area contributed by atoms with E-state index in [0.29, 0.717) is 11.0 Å². The van der Waals surface area contributed by atoms with Crippen LogP contribution in [0.2, 0.25) is 0 Å². The minimum Gasteiger partial charge on any atom is -0.434 e. The van der Waals surface area contributed by atoms with Gasteiger partial charge in [-0.3, -0.25) is 4.79 Å². The minimum absolute atomic E-state index is 0.113. The zero-order valence-corrected chi connectivity index (χ0v) is 14.6. The van der Waals surface area contributed by atoms with Gasteiger partial charge in [0.25, 0.3) is 5.91 Å². The maximum Gasteiger partial charge on any atom is 0.387 e. The van der Waals surface area contributed by atoms with Gasteiger partial charge in [-0.1, -0.05) is 33.6 Å². The molecular weight excluding hydrogens is 380 g/mol. The number of amides is 1. The van der Waals surface area contributed by atoms with Crippen LogP contribution in [0.15, 0.2) is 40.9 Å². The number of ether oxygens (including phenoxy) is 1. The molecule has 1 amide bonds. The van der Waals surface area contributed by atoms with Crippen LogP contribution < -0.4 is 9.64 Å². The van der Waals surface area contributed by atoms with Gasteiger partial charge in [0, 0.05) is 16.7 Å². The highest BCUT2D eigenvalue weighted by Gasteiger charge is 2.26. The molecule has 24 heavy (non-hydrogen) atoms. The van der Waals surface area contributed by atoms with Crippen LogP contribution in [0.25, 0.3) is 0 Å². The van der Waals surface area contributed by atoms with Gasteiger partial charge >= 0.3 is 6.61 Å². The Morgan fingerprint density at radius 2 is 2.04 bits per heavy atom. The summed E-state index contributed by atoms with van der Waals surface area (Å²) in [6, 6.07) is 10.4. The molecule has 0 radical (unpaired) electrons. The Bertz CT molecular complexity index is 780. The first-order chi connectivity index (χ1) is 11.5. The molecule has 2 aromatic rings. The molecular formula is C18H16BrF2NO2. The van der Waals surface area contributed by atoms with Crippen LogP contribution in [-0.2, 0) is 6.42 Å². The molecule has 1 aliphatic heterocycles. The van der Waals surface area contributed by atoms with Crippen molar-refractivity contribution in [3.05, 3.63) is 57.6 Å². The SMILES string of the molecule is Cc1ccc2c(c1)CCCN2C(=O)c1cc(Br)ccc1OC(F)F. The van der Waals surface area contributed by atoms with Crippen LogP contribution in [0.1, 0.15) is 27.9 Å². The molecule has 0 aliphatic carbocycles. The standard InChI is InChI=1S/C18H16BrF2NO2/c1-11-4-6-15-12(9-11)3-2-8-22(15)17(23)14-10-13(19)5-7-16(14)24-18(20)21/h4-7,9-10,18H,2-3,8H2,1H3. The number of rotatable bonds is 3. The first-order valence-electron chi connectivity index (χ1n) is 7.61. The Balaban J connectivity index is 2.00. The number of benzene rings is 2. The van der Waals surface area contributed by atoms with Crippen molar-refractivity contribution in [3.8, 4) is 5.75 Å². The number of hydrogen-bond acceptors (Lipinski definition) is 2. The third-order valence-electron chi connectivity index (χ3n) is 3.99. The van der Waals surface area contributed by atoms with E-state index in [9.17, 15) is 13.6 Å². The molecule has 3 nitrogen and oxygen atoms in total. The van der Waals surface area contributed by atoms with Gasteiger partial charge in [0.2, 0.25) is 0 Å². The molecule has 0 aromatic heterocycles. The van der Waals surface area contributed by atoms with E-state index in [1.54, 1.807) is 11.0 Å². The number of hydrogen-bond donors (Lipinski definition) is 0. The Labute approximate surface area is 147 Å². The molecule has 6 heteroatoms. The summed E-state index contributed by atoms with van der Waals surface area (Å²) in [6.07, 6.45) is 1.74. The summed E-state index contributed by atoms with van der Waals surface area (Å²) in [7, 11) is 0. The lowest BCUT2D eigenvalue weighted by atomic mass is 9.98. The Morgan fingerprint density at radius 1 is 1.25 bits per heavy atom. The second-order valence-corrected chi connectivity index (χ2v) is 6.63. The number of aryl methyl sites for hydroxylation is 2. The molecule has 0 N–H and O–H groups in total. The van der Waals surface area contributed by atoms with Crippen LogP contribution in [0, 0.1) is 6.92 Å². The highest BCUT2D eigenvalue weighted by atomic mass is 79.9. The number of fused-ring (bicyclic) bond motifs is 1. The second-order valence-electron chi connectivity index (χ2n) is 5.71. The topological polar surface area (TPSA) is 29.5 Å². The molecule has 1 heterocycles. The van der Waals surface area contributed by atoms with Crippen molar-refractivity contribution < 1.29 is 18.3 Å². The maximum absolute atomic E-state index is 13.0. The molecule has 0 atom stereocenters. The number of alkyl halides is 2. The predicted octanol–water partition coefficient (Wildman–Crippen LogP) is 4.95. The number of carbonyl (C=O) groups is 1. The zero-order valence-electron chi connectivity index (χ0n) is 13.1. The highest BCUT2D eigenvalue weighted by Crippen LogP contribution is 2.32. The summed E-state index contributed by atoms with van der Waals surface area (Å²) in [5.41, 5.74) is 3.19. The second kappa shape index (κ2) is 6.89. The van der Waals surface area contributed by atoms with Crippen LogP contribution >= 0.6 is 15.9 Å². The summed E-state index contributed by atoms with van der Waals surface area (Å²) in [5, 5.41) is 0. The molecule has 0 unspecified atom stereocenters. The molecule has 0 bridgehead atoms. The van der Waals surface area contributed by atoms with Gasteiger partial charge in [-0.05, 0) is 49.6 Å². The summed E-state index contributed by atoms with van der Waals surface area (Å²) in [4.78, 5) is 14.6. The van der Waals surface area contributed by atoms with Gasteiger partial charge in [0.1, 0.15) is 5.75 Å². The van der Waals surface area contributed by atoms with Crippen LogP contribution in [0.5, 0.6) is 5.75 Å². The molecule has 2 aromatic carbocycles. The fourth-order valence-corrected chi connectivity index (χ4v) is 3.31. The van der Waals surface area contributed by atoms with Crippen LogP contribution in [0.4, 0.5) is 14.5 Å². The first kappa shape index (κ1) is 16.9. The van der Waals surface area contributed by atoms with Crippen molar-refractivity contribution in [2.75, 3.05) is 11.4 Å². The summed E-state index contributed by atoms with van der Waals surface area (Å²) < 4.78 is 30.4. The molecule has 126 valence electrons. The molecule has 0 spiro atoms. The number of nitrogens with zero attached hydrogens (tertiary/aromatic N) is 1. The monoisotopic (exact) mass is 395 g/mol. The Morgan fingerprint density at radius 3 is 2.79 bits per heavy atom. The van der Waals surface area contributed by atoms with E-state index in [1.807, 2.05) is 19.1 Å². The van der Waals surface area contributed by atoms with E-state index in [0.717, 1.165) is 29.7 Å². The van der Waals surface area contributed by atoms with Crippen molar-refractivity contribution in [1.29, 1.82) is 0 Å². The van der Waals surface area contributed by atoms with Crippen molar-refractivity contribution in [2.45, 2.75) is 26.4 Å². The lowest BCUT2D eigenvalue weighted by molar-refractivity contribution is -0.0501. The molecule has 0 saturated carbocycles. The van der Waals surface area contributed by atoms with Gasteiger partial charge in [0.15, 0.2) is 0 Å². The van der Waals surface area contributed by atoms with E-state index in [1.165, 1.54) is 12.1 Å². The van der Waals surface area contributed by atoms with Gasteiger partial charge in [0.05, 0.1) is 5.56 Å². The van der Waals surface area contributed by atoms with Crippen molar-refractivity contribution >= 4 is 27.5 Å². The van der Waals surface area contributed by atoms with Crippen molar-refractivity contribution in [2.24, 2.45) is 0 Å². The summed E-state index contributed by atoms with van der Waals surface area (Å²) >= 11 is 3.28. The van der Waals surface area contributed by atoms with E-state index >= 15 is 0 Å². The number of carbonyl (C=O) groups excluding carboxylic acids is 1. The number of halogens is 3. The molecule has 0 fully saturated rings. The van der Waals surface area contributed by atoms with Crippen LogP contribution in [-0.4, -0.2) is 19.1 Å². The quantitative estimate of drug-likeness (QED) is 0.735. The largest absolute Gasteiger partial charge is 0.434 e. The maximum atomic E-state index is 13.0. The summed E-state index contributed by atoms with van der Waals surface area (Å²) in [5.74, 6) is -0.450. The lowest BCUT2D eigenvalue weighted by Gasteiger charge is -2.30. The fraction of sp³-hybridized carbons (Fsp3) is 0.278. The Kier molecular flexibility index (Phi) is 4.85. The highest BCUT2D eigenvalue weighted by molar-refractivity contribution is 9.10. The molecule has 3 rings (SSSR count).